The van der Waals surface area contributed by atoms with Gasteiger partial charge < -0.3 is 10.3 Å². The van der Waals surface area contributed by atoms with Crippen LogP contribution in [-0.4, -0.2) is 23.6 Å². The molecule has 1 aromatic rings. The van der Waals surface area contributed by atoms with Gasteiger partial charge in [0.25, 0.3) is 0 Å². The van der Waals surface area contributed by atoms with Gasteiger partial charge in [-0.25, -0.2) is 15.8 Å². The molecule has 92 valence electrons. The normalized spacial score (nSPS) is 9.76. The van der Waals surface area contributed by atoms with Crippen molar-refractivity contribution in [3.8, 4) is 6.07 Å². The lowest BCUT2D eigenvalue weighted by atomic mass is 10.1. The fourth-order valence-corrected chi connectivity index (χ4v) is 1.66. The molecule has 0 radical (unpaired) electrons. The van der Waals surface area contributed by atoms with E-state index in [1.54, 1.807) is 0 Å². The van der Waals surface area contributed by atoms with E-state index in [-0.39, 0.29) is 0 Å². The first kappa shape index (κ1) is 13.2. The Morgan fingerprint density at radius 3 is 2.88 bits per heavy atom. The Morgan fingerprint density at radius 1 is 1.53 bits per heavy atom. The number of nitrogens with zero attached hydrogens (tertiary/aromatic N) is 4. The molecule has 1 rings (SSSR count). The molecule has 0 aliphatic carbocycles. The van der Waals surface area contributed by atoms with Crippen molar-refractivity contribution in [1.82, 2.24) is 9.97 Å². The van der Waals surface area contributed by atoms with Crippen molar-refractivity contribution >= 4 is 11.6 Å². The van der Waals surface area contributed by atoms with Gasteiger partial charge in [-0.2, -0.15) is 5.26 Å². The van der Waals surface area contributed by atoms with Crippen LogP contribution < -0.4 is 16.2 Å². The summed E-state index contributed by atoms with van der Waals surface area (Å²) in [6, 6.07) is 2.12. The number of nitriles is 1. The topological polar surface area (TPSA) is 90.9 Å². The van der Waals surface area contributed by atoms with Gasteiger partial charge >= 0.3 is 0 Å². The standard InChI is InChI=1S/C11H18N6/c1-3-5-9-10(16-13)14-8-15-11(9)17(2)7-4-6-12/h8H,3-5,7,13H2,1-2H3,(H,14,15,16). The second kappa shape index (κ2) is 6.66. The van der Waals surface area contributed by atoms with E-state index in [0.29, 0.717) is 18.8 Å². The minimum atomic E-state index is 0.470. The number of aromatic nitrogens is 2. The first-order valence-electron chi connectivity index (χ1n) is 5.63. The van der Waals surface area contributed by atoms with Crippen LogP contribution in [0, 0.1) is 11.3 Å². The smallest absolute Gasteiger partial charge is 0.148 e. The Balaban J connectivity index is 3.00. The quantitative estimate of drug-likeness (QED) is 0.565. The van der Waals surface area contributed by atoms with Crippen LogP contribution in [0.1, 0.15) is 25.3 Å². The molecule has 0 atom stereocenters. The number of nitrogen functional groups attached to an aromatic ring is 1. The van der Waals surface area contributed by atoms with Gasteiger partial charge in [0.15, 0.2) is 0 Å². The zero-order chi connectivity index (χ0) is 12.7. The predicted octanol–water partition coefficient (Wildman–Crippen LogP) is 1.06. The fraction of sp³-hybridized carbons (Fsp3) is 0.545. The molecule has 0 unspecified atom stereocenters. The average molecular weight is 234 g/mol. The molecule has 1 heterocycles. The molecule has 0 spiro atoms. The minimum absolute atomic E-state index is 0.470. The van der Waals surface area contributed by atoms with Gasteiger partial charge in [-0.05, 0) is 6.42 Å². The number of anilines is 2. The van der Waals surface area contributed by atoms with Crippen molar-refractivity contribution in [3.63, 3.8) is 0 Å². The Labute approximate surface area is 101 Å². The molecule has 0 saturated heterocycles. The summed E-state index contributed by atoms with van der Waals surface area (Å²) in [7, 11) is 1.92. The molecule has 0 bridgehead atoms. The summed E-state index contributed by atoms with van der Waals surface area (Å²) in [6.07, 6.45) is 3.79. The second-order valence-electron chi connectivity index (χ2n) is 3.75. The lowest BCUT2D eigenvalue weighted by Gasteiger charge is -2.21. The summed E-state index contributed by atoms with van der Waals surface area (Å²) in [5.74, 6) is 6.93. The van der Waals surface area contributed by atoms with Gasteiger partial charge in [0.05, 0.1) is 12.5 Å². The summed E-state index contributed by atoms with van der Waals surface area (Å²) in [4.78, 5) is 10.3. The first-order chi connectivity index (χ1) is 8.24. The molecule has 17 heavy (non-hydrogen) atoms. The molecule has 0 fully saturated rings. The maximum atomic E-state index is 8.59. The number of nitrogens with two attached hydrogens (primary N) is 1. The van der Waals surface area contributed by atoms with Crippen LogP contribution in [0.3, 0.4) is 0 Å². The predicted molar refractivity (Wildman–Crippen MR) is 67.3 cm³/mol. The highest BCUT2D eigenvalue weighted by molar-refractivity contribution is 5.58. The number of rotatable bonds is 6. The van der Waals surface area contributed by atoms with Crippen molar-refractivity contribution in [2.75, 3.05) is 23.9 Å². The monoisotopic (exact) mass is 234 g/mol. The zero-order valence-electron chi connectivity index (χ0n) is 10.3. The van der Waals surface area contributed by atoms with E-state index in [0.717, 1.165) is 24.2 Å². The highest BCUT2D eigenvalue weighted by Gasteiger charge is 2.13. The van der Waals surface area contributed by atoms with Gasteiger partial charge in [0.2, 0.25) is 0 Å². The molecule has 0 saturated carbocycles. The van der Waals surface area contributed by atoms with Crippen LogP contribution >= 0.6 is 0 Å². The lowest BCUT2D eigenvalue weighted by Crippen LogP contribution is -2.23. The van der Waals surface area contributed by atoms with E-state index in [4.69, 9.17) is 11.1 Å². The number of hydrazine groups is 1. The van der Waals surface area contributed by atoms with Gasteiger partial charge in [-0.1, -0.05) is 13.3 Å². The van der Waals surface area contributed by atoms with Gasteiger partial charge in [-0.15, -0.1) is 0 Å². The molecule has 0 aliphatic heterocycles. The largest absolute Gasteiger partial charge is 0.358 e. The van der Waals surface area contributed by atoms with Gasteiger partial charge in [-0.3, -0.25) is 0 Å². The summed E-state index contributed by atoms with van der Waals surface area (Å²) in [6.45, 7) is 2.74. The number of nitrogens with one attached hydrogen (secondary N) is 1. The molecule has 6 nitrogen and oxygen atoms in total. The maximum Gasteiger partial charge on any atom is 0.148 e. The third-order valence-electron chi connectivity index (χ3n) is 2.48. The lowest BCUT2D eigenvalue weighted by molar-refractivity contribution is 0.839. The molecular weight excluding hydrogens is 216 g/mol. The summed E-state index contributed by atoms with van der Waals surface area (Å²) in [5, 5.41) is 8.59. The van der Waals surface area contributed by atoms with Gasteiger partial charge in [0.1, 0.15) is 18.0 Å². The first-order valence-corrected chi connectivity index (χ1v) is 5.63. The average Bonchev–Trinajstić information content (AvgIpc) is 2.36. The van der Waals surface area contributed by atoms with E-state index in [2.05, 4.69) is 28.4 Å². The Kier molecular flexibility index (Phi) is 5.17. The third kappa shape index (κ3) is 3.29. The van der Waals surface area contributed by atoms with E-state index < -0.39 is 0 Å². The molecule has 0 amide bonds. The Morgan fingerprint density at radius 2 is 2.29 bits per heavy atom. The van der Waals surface area contributed by atoms with Crippen LogP contribution in [-0.2, 0) is 6.42 Å². The van der Waals surface area contributed by atoms with Crippen molar-refractivity contribution in [1.29, 1.82) is 5.26 Å². The zero-order valence-corrected chi connectivity index (χ0v) is 10.3. The van der Waals surface area contributed by atoms with Gasteiger partial charge in [0, 0.05) is 19.2 Å². The van der Waals surface area contributed by atoms with E-state index in [9.17, 15) is 0 Å². The van der Waals surface area contributed by atoms with Crippen molar-refractivity contribution in [2.24, 2.45) is 5.84 Å². The van der Waals surface area contributed by atoms with Crippen LogP contribution in [0.5, 0.6) is 0 Å². The SMILES string of the molecule is CCCc1c(NN)ncnc1N(C)CCC#N. The number of hydrogen-bond acceptors (Lipinski definition) is 6. The minimum Gasteiger partial charge on any atom is -0.358 e. The highest BCUT2D eigenvalue weighted by Crippen LogP contribution is 2.23. The summed E-state index contributed by atoms with van der Waals surface area (Å²) >= 11 is 0. The van der Waals surface area contributed by atoms with E-state index in [1.807, 2.05) is 11.9 Å². The molecule has 0 aliphatic rings. The van der Waals surface area contributed by atoms with Crippen molar-refractivity contribution in [3.05, 3.63) is 11.9 Å². The fourth-order valence-electron chi connectivity index (χ4n) is 1.66. The van der Waals surface area contributed by atoms with Crippen LogP contribution in [0.15, 0.2) is 6.33 Å². The number of hydrogen-bond donors (Lipinski definition) is 2. The molecular formula is C11H18N6. The third-order valence-corrected chi connectivity index (χ3v) is 2.48. The van der Waals surface area contributed by atoms with Crippen LogP contribution in [0.2, 0.25) is 0 Å². The van der Waals surface area contributed by atoms with E-state index in [1.165, 1.54) is 6.33 Å². The van der Waals surface area contributed by atoms with Crippen LogP contribution in [0.4, 0.5) is 11.6 Å². The summed E-state index contributed by atoms with van der Waals surface area (Å²) < 4.78 is 0. The molecule has 6 heteroatoms. The second-order valence-corrected chi connectivity index (χ2v) is 3.75. The van der Waals surface area contributed by atoms with Crippen molar-refractivity contribution < 1.29 is 0 Å². The molecule has 3 N–H and O–H groups in total. The highest BCUT2D eigenvalue weighted by atomic mass is 15.3. The summed E-state index contributed by atoms with van der Waals surface area (Å²) in [5.41, 5.74) is 3.59. The maximum absolute atomic E-state index is 8.59. The molecule has 1 aromatic heterocycles. The Bertz CT molecular complexity index is 397. The Hall–Kier alpha value is -1.87. The van der Waals surface area contributed by atoms with Crippen molar-refractivity contribution in [2.45, 2.75) is 26.2 Å². The van der Waals surface area contributed by atoms with Crippen LogP contribution in [0.25, 0.3) is 0 Å². The van der Waals surface area contributed by atoms with E-state index >= 15 is 0 Å². The molecule has 0 aromatic carbocycles.